The van der Waals surface area contributed by atoms with Gasteiger partial charge in [-0.1, -0.05) is 248 Å². The summed E-state index contributed by atoms with van der Waals surface area (Å²) in [7, 11) is 0. The Morgan fingerprint density at radius 1 is 0.256 bits per heavy atom. The Labute approximate surface area is 549 Å². The lowest BCUT2D eigenvalue weighted by molar-refractivity contribution is -0.149. The molecule has 0 aromatic rings. The lowest BCUT2D eigenvalue weighted by atomic mass is 10.1. The fraction of sp³-hybridized carbons (Fsp3) is 0.892. The van der Waals surface area contributed by atoms with Crippen molar-refractivity contribution in [2.75, 3.05) is 78.8 Å². The van der Waals surface area contributed by atoms with Crippen molar-refractivity contribution in [2.24, 2.45) is 23.7 Å². The highest BCUT2D eigenvalue weighted by atomic mass is 16.5. The van der Waals surface area contributed by atoms with Gasteiger partial charge in [-0.3, -0.25) is 38.4 Å². The lowest BCUT2D eigenvalue weighted by Gasteiger charge is -2.16. The molecule has 0 aliphatic carbocycles. The van der Waals surface area contributed by atoms with E-state index in [4.69, 9.17) is 18.9 Å². The molecule has 4 heterocycles. The molecule has 0 aromatic carbocycles. The SMILES string of the molecule is CCCCCCCCCCN1CC(C(=O)OCCCCC)CC1=O.CCCCCCCCCN1CC(C(=O)OCCCCC)CC1=O.CCCCCCCCN1CC(C(=O)OCCCCC)CC1=O.CCCCCCCN1CC(C(=O)OCCCCC)CC1=O. The Bertz CT molecular complexity index is 1870. The van der Waals surface area contributed by atoms with Crippen molar-refractivity contribution in [1.82, 2.24) is 19.6 Å². The summed E-state index contributed by atoms with van der Waals surface area (Å²) in [5.74, 6) is -1.24. The molecule has 0 N–H and O–H groups in total. The molecule has 4 fully saturated rings. The largest absolute Gasteiger partial charge is 0.465 e. The Morgan fingerprint density at radius 2 is 0.411 bits per heavy atom. The number of hydrogen-bond acceptors (Lipinski definition) is 12. The predicted octanol–water partition coefficient (Wildman–Crippen LogP) is 16.5. The number of hydrogen-bond donors (Lipinski definition) is 0. The number of unbranched alkanes of at least 4 members (excludes halogenated alkanes) is 30. The minimum Gasteiger partial charge on any atom is -0.465 e. The second-order valence-corrected chi connectivity index (χ2v) is 26.2. The van der Waals surface area contributed by atoms with Gasteiger partial charge in [0.05, 0.1) is 50.1 Å². The third-order valence-corrected chi connectivity index (χ3v) is 17.8. The molecule has 0 bridgehead atoms. The van der Waals surface area contributed by atoms with Crippen LogP contribution in [0.5, 0.6) is 0 Å². The summed E-state index contributed by atoms with van der Waals surface area (Å²) in [4.78, 5) is 103. The van der Waals surface area contributed by atoms with Gasteiger partial charge in [0.2, 0.25) is 23.6 Å². The highest BCUT2D eigenvalue weighted by molar-refractivity contribution is 5.88. The van der Waals surface area contributed by atoms with E-state index in [0.29, 0.717) is 78.3 Å². The molecule has 524 valence electrons. The maximum absolute atomic E-state index is 12.0. The maximum atomic E-state index is 12.0. The summed E-state index contributed by atoms with van der Waals surface area (Å²) in [5, 5.41) is 0. The fourth-order valence-electron chi connectivity index (χ4n) is 11.8. The van der Waals surface area contributed by atoms with Crippen LogP contribution >= 0.6 is 0 Å². The second-order valence-electron chi connectivity index (χ2n) is 26.2. The number of carbonyl (C=O) groups is 8. The van der Waals surface area contributed by atoms with Gasteiger partial charge in [-0.25, -0.2) is 0 Å². The molecular weight excluding hydrogens is 1140 g/mol. The van der Waals surface area contributed by atoms with E-state index in [1.54, 1.807) is 0 Å². The van der Waals surface area contributed by atoms with Crippen LogP contribution in [-0.4, -0.2) is 146 Å². The first-order valence-electron chi connectivity index (χ1n) is 37.5. The van der Waals surface area contributed by atoms with Gasteiger partial charge in [0.1, 0.15) is 0 Å². The van der Waals surface area contributed by atoms with Crippen LogP contribution in [0.15, 0.2) is 0 Å². The van der Waals surface area contributed by atoms with E-state index >= 15 is 0 Å². The Kier molecular flexibility index (Phi) is 53.5. The highest BCUT2D eigenvalue weighted by Gasteiger charge is 2.38. The Morgan fingerprint density at radius 3 is 0.589 bits per heavy atom. The summed E-state index contributed by atoms with van der Waals surface area (Å²) in [6, 6.07) is 0. The van der Waals surface area contributed by atoms with E-state index in [2.05, 4.69) is 55.4 Å². The van der Waals surface area contributed by atoms with E-state index in [1.165, 1.54) is 141 Å². The Balaban J connectivity index is 0.000000601. The maximum Gasteiger partial charge on any atom is 0.311 e. The lowest BCUT2D eigenvalue weighted by Crippen LogP contribution is -2.27. The molecule has 4 amide bonds. The number of carbonyl (C=O) groups excluding carboxylic acids is 8. The summed E-state index contributed by atoms with van der Waals surface area (Å²) in [6.07, 6.45) is 45.9. The van der Waals surface area contributed by atoms with Crippen LogP contribution in [-0.2, 0) is 57.3 Å². The van der Waals surface area contributed by atoms with E-state index in [1.807, 2.05) is 19.6 Å². The first-order valence-corrected chi connectivity index (χ1v) is 37.5. The van der Waals surface area contributed by atoms with Crippen LogP contribution in [0.2, 0.25) is 0 Å². The third kappa shape index (κ3) is 41.4. The van der Waals surface area contributed by atoms with E-state index in [0.717, 1.165) is 129 Å². The average Bonchev–Trinajstić information content (AvgIpc) is 2.59. The third-order valence-electron chi connectivity index (χ3n) is 17.8. The smallest absolute Gasteiger partial charge is 0.311 e. The number of ether oxygens (including phenoxy) is 4. The molecular formula is C74H136N4O12. The van der Waals surface area contributed by atoms with Gasteiger partial charge in [-0.15, -0.1) is 0 Å². The molecule has 0 saturated carbocycles. The topological polar surface area (TPSA) is 186 Å². The van der Waals surface area contributed by atoms with Crippen molar-refractivity contribution >= 4 is 47.5 Å². The molecule has 4 aliphatic heterocycles. The quantitative estimate of drug-likeness (QED) is 0.0319. The molecule has 16 nitrogen and oxygen atoms in total. The van der Waals surface area contributed by atoms with Crippen LogP contribution in [0.1, 0.15) is 325 Å². The average molecular weight is 1270 g/mol. The summed E-state index contributed by atoms with van der Waals surface area (Å²) >= 11 is 0. The van der Waals surface area contributed by atoms with Crippen LogP contribution in [0.25, 0.3) is 0 Å². The van der Waals surface area contributed by atoms with Gasteiger partial charge in [-0.2, -0.15) is 0 Å². The van der Waals surface area contributed by atoms with E-state index < -0.39 is 0 Å². The molecule has 4 saturated heterocycles. The zero-order chi connectivity index (χ0) is 66.2. The second kappa shape index (κ2) is 57.4. The fourth-order valence-corrected chi connectivity index (χ4v) is 11.8. The van der Waals surface area contributed by atoms with E-state index in [9.17, 15) is 38.4 Å². The van der Waals surface area contributed by atoms with Crippen molar-refractivity contribution < 1.29 is 57.3 Å². The van der Waals surface area contributed by atoms with Gasteiger partial charge in [0.25, 0.3) is 0 Å². The number of likely N-dealkylation sites (tertiary alicyclic amines) is 4. The number of rotatable bonds is 50. The van der Waals surface area contributed by atoms with Gasteiger partial charge in [0, 0.05) is 78.0 Å². The molecule has 16 heteroatoms. The molecule has 0 spiro atoms. The van der Waals surface area contributed by atoms with Crippen LogP contribution in [0, 0.1) is 23.7 Å². The van der Waals surface area contributed by atoms with Crippen molar-refractivity contribution in [1.29, 1.82) is 0 Å². The van der Waals surface area contributed by atoms with Crippen LogP contribution in [0.3, 0.4) is 0 Å². The summed E-state index contributed by atoms with van der Waals surface area (Å²) in [5.41, 5.74) is 0. The molecule has 4 rings (SSSR count). The van der Waals surface area contributed by atoms with Crippen molar-refractivity contribution in [2.45, 2.75) is 325 Å². The van der Waals surface area contributed by atoms with Gasteiger partial charge in [0.15, 0.2) is 0 Å². The van der Waals surface area contributed by atoms with E-state index in [-0.39, 0.29) is 71.2 Å². The van der Waals surface area contributed by atoms with Crippen LogP contribution < -0.4 is 0 Å². The van der Waals surface area contributed by atoms with Crippen LogP contribution in [0.4, 0.5) is 0 Å². The van der Waals surface area contributed by atoms with Gasteiger partial charge < -0.3 is 38.5 Å². The highest BCUT2D eigenvalue weighted by Crippen LogP contribution is 2.25. The van der Waals surface area contributed by atoms with Crippen molar-refractivity contribution in [3.8, 4) is 0 Å². The van der Waals surface area contributed by atoms with Gasteiger partial charge in [-0.05, 0) is 51.4 Å². The molecule has 0 radical (unpaired) electrons. The molecule has 4 atom stereocenters. The number of esters is 4. The van der Waals surface area contributed by atoms with Crippen molar-refractivity contribution in [3.63, 3.8) is 0 Å². The standard InChI is InChI=1S/C20H37NO3.C19H35NO3.C18H33NO3.C17H31NO3/c1-3-5-7-8-9-10-11-12-14-21-17-18(16-19(21)22)20(23)24-15-13-6-4-2;1-3-5-7-8-9-10-11-13-20-16-17(15-18(20)21)19(22)23-14-12-6-4-2;1-3-5-7-8-9-10-12-19-15-16(14-17(19)20)18(21)22-13-11-6-4-2;1-3-5-7-8-9-11-18-14-15(13-16(18)19)17(20)21-12-10-6-4-2/h18H,3-17H2,1-2H3;17H,3-16H2,1-2H3;16H,3-15H2,1-2H3;15H,3-14H2,1-2H3. The Hall–Kier alpha value is -4.24. The zero-order valence-corrected chi connectivity index (χ0v) is 59.2. The molecule has 0 aromatic heterocycles. The molecule has 4 unspecified atom stereocenters. The summed E-state index contributed by atoms with van der Waals surface area (Å²) in [6.45, 7) is 24.8. The first-order chi connectivity index (χ1) is 43.7. The predicted molar refractivity (Wildman–Crippen MR) is 363 cm³/mol. The minimum atomic E-state index is -0.242. The normalized spacial score (nSPS) is 17.9. The van der Waals surface area contributed by atoms with Gasteiger partial charge >= 0.3 is 23.9 Å². The number of nitrogens with zero attached hydrogens (tertiary/aromatic N) is 4. The summed E-state index contributed by atoms with van der Waals surface area (Å²) < 4.78 is 21.1. The zero-order valence-electron chi connectivity index (χ0n) is 59.2. The van der Waals surface area contributed by atoms with Crippen molar-refractivity contribution in [3.05, 3.63) is 0 Å². The minimum absolute atomic E-state index is 0.112. The molecule has 90 heavy (non-hydrogen) atoms. The monoisotopic (exact) mass is 1270 g/mol. The molecule has 4 aliphatic rings. The first kappa shape index (κ1) is 83.8. The number of amides is 4.